The normalized spacial score (nSPS) is 11.3. The lowest BCUT2D eigenvalue weighted by atomic mass is 10.2. The van der Waals surface area contributed by atoms with Crippen LogP contribution >= 0.6 is 11.3 Å². The predicted molar refractivity (Wildman–Crippen MR) is 72.2 cm³/mol. The van der Waals surface area contributed by atoms with E-state index in [9.17, 15) is 13.2 Å². The summed E-state index contributed by atoms with van der Waals surface area (Å²) in [7, 11) is -3.25. The van der Waals surface area contributed by atoms with Crippen molar-refractivity contribution in [2.24, 2.45) is 0 Å². The van der Waals surface area contributed by atoms with Crippen molar-refractivity contribution in [3.63, 3.8) is 0 Å². The molecular formula is C11H11N3O3S2. The Bertz CT molecular complexity index is 705. The van der Waals surface area contributed by atoms with Gasteiger partial charge in [0.05, 0.1) is 4.90 Å². The smallest absolute Gasteiger partial charge is 0.257 e. The minimum Gasteiger partial charge on any atom is -0.296 e. The number of benzene rings is 1. The van der Waals surface area contributed by atoms with Crippen LogP contribution in [0.1, 0.15) is 15.4 Å². The zero-order valence-corrected chi connectivity index (χ0v) is 11.9. The average Bonchev–Trinajstić information content (AvgIpc) is 2.74. The highest BCUT2D eigenvalue weighted by atomic mass is 32.2. The summed E-state index contributed by atoms with van der Waals surface area (Å²) < 4.78 is 22.6. The molecule has 0 atom stereocenters. The van der Waals surface area contributed by atoms with E-state index in [1.165, 1.54) is 35.6 Å². The zero-order chi connectivity index (χ0) is 14.0. The molecule has 0 bridgehead atoms. The molecular weight excluding hydrogens is 286 g/mol. The third-order valence-electron chi connectivity index (χ3n) is 2.29. The monoisotopic (exact) mass is 297 g/mol. The molecule has 1 amide bonds. The molecule has 6 nitrogen and oxygen atoms in total. The van der Waals surface area contributed by atoms with Crippen LogP contribution in [-0.4, -0.2) is 30.8 Å². The Morgan fingerprint density at radius 3 is 2.32 bits per heavy atom. The first-order chi connectivity index (χ1) is 8.86. The lowest BCUT2D eigenvalue weighted by Crippen LogP contribution is -2.11. The van der Waals surface area contributed by atoms with Crippen molar-refractivity contribution in [1.82, 2.24) is 10.2 Å². The third-order valence-corrected chi connectivity index (χ3v) is 4.17. The molecule has 8 heteroatoms. The summed E-state index contributed by atoms with van der Waals surface area (Å²) in [4.78, 5) is 12.0. The van der Waals surface area contributed by atoms with Crippen LogP contribution in [0.15, 0.2) is 29.2 Å². The fraction of sp³-hybridized carbons (Fsp3) is 0.182. The van der Waals surface area contributed by atoms with Crippen molar-refractivity contribution < 1.29 is 13.2 Å². The zero-order valence-electron chi connectivity index (χ0n) is 10.2. The number of hydrogen-bond acceptors (Lipinski definition) is 6. The van der Waals surface area contributed by atoms with E-state index >= 15 is 0 Å². The first kappa shape index (κ1) is 13.6. The van der Waals surface area contributed by atoms with Crippen molar-refractivity contribution in [3.05, 3.63) is 34.8 Å². The Kier molecular flexibility index (Phi) is 3.63. The molecule has 0 aliphatic rings. The molecule has 0 radical (unpaired) electrons. The average molecular weight is 297 g/mol. The van der Waals surface area contributed by atoms with Crippen LogP contribution in [-0.2, 0) is 9.84 Å². The number of nitrogens with one attached hydrogen (secondary N) is 1. The Labute approximate surface area is 114 Å². The maximum atomic E-state index is 11.9. The number of amides is 1. The Balaban J connectivity index is 2.16. The van der Waals surface area contributed by atoms with E-state index in [4.69, 9.17) is 0 Å². The SMILES string of the molecule is Cc1nnc(NC(=O)c2ccc(S(C)(=O)=O)cc2)s1. The van der Waals surface area contributed by atoms with Gasteiger partial charge < -0.3 is 0 Å². The van der Waals surface area contributed by atoms with Gasteiger partial charge in [-0.25, -0.2) is 8.42 Å². The van der Waals surface area contributed by atoms with Crippen LogP contribution in [0, 0.1) is 6.92 Å². The number of hydrogen-bond donors (Lipinski definition) is 1. The van der Waals surface area contributed by atoms with Gasteiger partial charge in [0.1, 0.15) is 5.01 Å². The van der Waals surface area contributed by atoms with E-state index in [1.807, 2.05) is 0 Å². The molecule has 1 heterocycles. The highest BCUT2D eigenvalue weighted by Gasteiger charge is 2.11. The van der Waals surface area contributed by atoms with Gasteiger partial charge in [0.15, 0.2) is 9.84 Å². The van der Waals surface area contributed by atoms with Gasteiger partial charge in [-0.05, 0) is 31.2 Å². The fourth-order valence-electron chi connectivity index (χ4n) is 1.37. The van der Waals surface area contributed by atoms with Crippen molar-refractivity contribution in [2.75, 3.05) is 11.6 Å². The summed E-state index contributed by atoms with van der Waals surface area (Å²) in [6.45, 7) is 1.79. The first-order valence-corrected chi connectivity index (χ1v) is 7.98. The molecule has 0 aliphatic carbocycles. The Morgan fingerprint density at radius 2 is 1.84 bits per heavy atom. The number of aryl methyl sites for hydroxylation is 1. The van der Waals surface area contributed by atoms with E-state index in [2.05, 4.69) is 15.5 Å². The van der Waals surface area contributed by atoms with Crippen LogP contribution in [0.3, 0.4) is 0 Å². The Morgan fingerprint density at radius 1 is 1.21 bits per heavy atom. The quantitative estimate of drug-likeness (QED) is 0.927. The maximum Gasteiger partial charge on any atom is 0.257 e. The van der Waals surface area contributed by atoms with Crippen LogP contribution in [0.2, 0.25) is 0 Å². The molecule has 0 unspecified atom stereocenters. The van der Waals surface area contributed by atoms with Gasteiger partial charge in [-0.2, -0.15) is 0 Å². The number of carbonyl (C=O) groups excluding carboxylic acids is 1. The molecule has 1 N–H and O–H groups in total. The second-order valence-electron chi connectivity index (χ2n) is 3.88. The predicted octanol–water partition coefficient (Wildman–Crippen LogP) is 1.50. The molecule has 0 spiro atoms. The molecule has 0 saturated heterocycles. The van der Waals surface area contributed by atoms with E-state index in [0.29, 0.717) is 10.7 Å². The highest BCUT2D eigenvalue weighted by molar-refractivity contribution is 7.90. The highest BCUT2D eigenvalue weighted by Crippen LogP contribution is 2.16. The maximum absolute atomic E-state index is 11.9. The van der Waals surface area contributed by atoms with Crippen molar-refractivity contribution in [3.8, 4) is 0 Å². The number of anilines is 1. The summed E-state index contributed by atoms with van der Waals surface area (Å²) in [6.07, 6.45) is 1.12. The van der Waals surface area contributed by atoms with E-state index in [-0.39, 0.29) is 10.8 Å². The van der Waals surface area contributed by atoms with Crippen molar-refractivity contribution in [1.29, 1.82) is 0 Å². The first-order valence-electron chi connectivity index (χ1n) is 5.28. The summed E-state index contributed by atoms with van der Waals surface area (Å²) in [6, 6.07) is 5.71. The number of nitrogens with zero attached hydrogens (tertiary/aromatic N) is 2. The standard InChI is InChI=1S/C11H11N3O3S2/c1-7-13-14-11(18-7)12-10(15)8-3-5-9(6-4-8)19(2,16)17/h3-6H,1-2H3,(H,12,14,15). The van der Waals surface area contributed by atoms with Gasteiger partial charge in [-0.1, -0.05) is 11.3 Å². The molecule has 2 rings (SSSR count). The van der Waals surface area contributed by atoms with E-state index in [0.717, 1.165) is 11.3 Å². The summed E-state index contributed by atoms with van der Waals surface area (Å²) in [5, 5.41) is 11.3. The second-order valence-corrected chi connectivity index (χ2v) is 7.07. The molecule has 1 aromatic heterocycles. The van der Waals surface area contributed by atoms with Gasteiger partial charge in [-0.15, -0.1) is 10.2 Å². The number of aromatic nitrogens is 2. The number of carbonyl (C=O) groups is 1. The molecule has 19 heavy (non-hydrogen) atoms. The molecule has 1 aromatic carbocycles. The minimum absolute atomic E-state index is 0.177. The summed E-state index contributed by atoms with van der Waals surface area (Å²) in [5.41, 5.74) is 0.361. The van der Waals surface area contributed by atoms with E-state index < -0.39 is 9.84 Å². The van der Waals surface area contributed by atoms with Gasteiger partial charge in [0, 0.05) is 11.8 Å². The molecule has 2 aromatic rings. The van der Waals surface area contributed by atoms with Crippen LogP contribution in [0.4, 0.5) is 5.13 Å². The largest absolute Gasteiger partial charge is 0.296 e. The van der Waals surface area contributed by atoms with Crippen LogP contribution < -0.4 is 5.32 Å². The van der Waals surface area contributed by atoms with E-state index in [1.54, 1.807) is 6.92 Å². The summed E-state index contributed by atoms with van der Waals surface area (Å²) >= 11 is 1.27. The van der Waals surface area contributed by atoms with Gasteiger partial charge in [0.25, 0.3) is 5.91 Å². The van der Waals surface area contributed by atoms with Gasteiger partial charge >= 0.3 is 0 Å². The summed E-state index contributed by atoms with van der Waals surface area (Å²) in [5.74, 6) is -0.351. The second kappa shape index (κ2) is 5.06. The molecule has 0 fully saturated rings. The fourth-order valence-corrected chi connectivity index (χ4v) is 2.59. The third kappa shape index (κ3) is 3.36. The Hall–Kier alpha value is -1.80. The lowest BCUT2D eigenvalue weighted by molar-refractivity contribution is 0.102. The van der Waals surface area contributed by atoms with Crippen molar-refractivity contribution >= 4 is 32.2 Å². The number of rotatable bonds is 3. The minimum atomic E-state index is -3.25. The lowest BCUT2D eigenvalue weighted by Gasteiger charge is -2.02. The number of sulfone groups is 1. The van der Waals surface area contributed by atoms with Gasteiger partial charge in [-0.3, -0.25) is 10.1 Å². The van der Waals surface area contributed by atoms with Crippen LogP contribution in [0.5, 0.6) is 0 Å². The van der Waals surface area contributed by atoms with Crippen molar-refractivity contribution in [2.45, 2.75) is 11.8 Å². The van der Waals surface area contributed by atoms with Gasteiger partial charge in [0.2, 0.25) is 5.13 Å². The van der Waals surface area contributed by atoms with Crippen LogP contribution in [0.25, 0.3) is 0 Å². The molecule has 0 saturated carbocycles. The molecule has 0 aliphatic heterocycles. The molecule has 100 valence electrons. The topological polar surface area (TPSA) is 89.0 Å².